The van der Waals surface area contributed by atoms with Crippen LogP contribution >= 0.6 is 15.9 Å². The predicted molar refractivity (Wildman–Crippen MR) is 106 cm³/mol. The highest BCUT2D eigenvalue weighted by Gasteiger charge is 2.10. The van der Waals surface area contributed by atoms with Gasteiger partial charge in [0.05, 0.1) is 6.54 Å². The molecule has 2 aromatic rings. The van der Waals surface area contributed by atoms with E-state index in [2.05, 4.69) is 31.5 Å². The normalized spacial score (nSPS) is 10.5. The molecule has 4 N–H and O–H groups in total. The highest BCUT2D eigenvalue weighted by Crippen LogP contribution is 2.11. The number of hydrogen-bond donors (Lipinski definition) is 3. The molecule has 3 amide bonds. The van der Waals surface area contributed by atoms with Crippen molar-refractivity contribution in [2.75, 3.05) is 30.8 Å². The molecule has 142 valence electrons. The fourth-order valence-corrected chi connectivity index (χ4v) is 2.42. The minimum absolute atomic E-state index is 0.137. The zero-order chi connectivity index (χ0) is 19.8. The summed E-state index contributed by atoms with van der Waals surface area (Å²) in [4.78, 5) is 40.8. The Morgan fingerprint density at radius 3 is 2.37 bits per heavy atom. The summed E-state index contributed by atoms with van der Waals surface area (Å²) < 4.78 is 0.827. The highest BCUT2D eigenvalue weighted by atomic mass is 79.9. The van der Waals surface area contributed by atoms with Crippen LogP contribution in [0, 0.1) is 0 Å². The lowest BCUT2D eigenvalue weighted by atomic mass is 10.2. The second kappa shape index (κ2) is 9.79. The van der Waals surface area contributed by atoms with Gasteiger partial charge in [-0.15, -0.1) is 0 Å². The summed E-state index contributed by atoms with van der Waals surface area (Å²) >= 11 is 3.28. The summed E-state index contributed by atoms with van der Waals surface area (Å²) in [5.41, 5.74) is 6.12. The van der Waals surface area contributed by atoms with Gasteiger partial charge in [-0.2, -0.15) is 0 Å². The number of halogens is 1. The third-order valence-electron chi connectivity index (χ3n) is 3.58. The van der Waals surface area contributed by atoms with Gasteiger partial charge in [0.15, 0.2) is 0 Å². The number of primary amides is 1. The van der Waals surface area contributed by atoms with Gasteiger partial charge < -0.3 is 16.4 Å². The number of likely N-dealkylation sites (N-methyl/N-ethyl adjacent to an activating group) is 1. The molecule has 1 heterocycles. The Morgan fingerprint density at radius 2 is 1.78 bits per heavy atom. The van der Waals surface area contributed by atoms with Crippen LogP contribution in [0.3, 0.4) is 0 Å². The van der Waals surface area contributed by atoms with Crippen molar-refractivity contribution in [2.24, 2.45) is 5.73 Å². The molecule has 0 saturated carbocycles. The van der Waals surface area contributed by atoms with Crippen LogP contribution in [0.5, 0.6) is 0 Å². The average molecular weight is 434 g/mol. The molecule has 0 aliphatic carbocycles. The van der Waals surface area contributed by atoms with Crippen LogP contribution in [0.2, 0.25) is 0 Å². The summed E-state index contributed by atoms with van der Waals surface area (Å²) in [5, 5.41) is 5.42. The van der Waals surface area contributed by atoms with Crippen molar-refractivity contribution in [3.63, 3.8) is 0 Å². The van der Waals surface area contributed by atoms with Crippen molar-refractivity contribution < 1.29 is 14.4 Å². The van der Waals surface area contributed by atoms with Gasteiger partial charge in [0.25, 0.3) is 0 Å². The van der Waals surface area contributed by atoms with E-state index in [-0.39, 0.29) is 24.8 Å². The van der Waals surface area contributed by atoms with Crippen LogP contribution in [0.4, 0.5) is 11.5 Å². The maximum Gasteiger partial charge on any atom is 0.248 e. The molecule has 0 aliphatic rings. The summed E-state index contributed by atoms with van der Waals surface area (Å²) in [5.74, 6) is -0.460. The van der Waals surface area contributed by atoms with E-state index in [1.807, 2.05) is 0 Å². The maximum atomic E-state index is 12.0. The zero-order valence-electron chi connectivity index (χ0n) is 14.7. The van der Waals surface area contributed by atoms with Crippen LogP contribution in [0.25, 0.3) is 0 Å². The van der Waals surface area contributed by atoms with Crippen molar-refractivity contribution in [2.45, 2.75) is 6.42 Å². The van der Waals surface area contributed by atoms with E-state index in [1.165, 1.54) is 0 Å². The first kappa shape index (κ1) is 20.5. The van der Waals surface area contributed by atoms with E-state index in [4.69, 9.17) is 5.73 Å². The fourth-order valence-electron chi connectivity index (χ4n) is 2.19. The van der Waals surface area contributed by atoms with Crippen LogP contribution in [0.15, 0.2) is 47.1 Å². The van der Waals surface area contributed by atoms with Crippen LogP contribution < -0.4 is 16.4 Å². The summed E-state index contributed by atoms with van der Waals surface area (Å²) in [7, 11) is 1.75. The molecule has 0 atom stereocenters. The van der Waals surface area contributed by atoms with Crippen molar-refractivity contribution in [1.82, 2.24) is 9.88 Å². The van der Waals surface area contributed by atoms with E-state index in [9.17, 15) is 14.4 Å². The number of carbonyl (C=O) groups is 3. The minimum atomic E-state index is -0.522. The summed E-state index contributed by atoms with van der Waals surface area (Å²) in [6.45, 7) is 0.546. The van der Waals surface area contributed by atoms with Gasteiger partial charge >= 0.3 is 0 Å². The number of carbonyl (C=O) groups excluding carboxylic acids is 3. The van der Waals surface area contributed by atoms with Crippen LogP contribution in [-0.2, 0) is 9.59 Å². The highest BCUT2D eigenvalue weighted by molar-refractivity contribution is 9.10. The summed E-state index contributed by atoms with van der Waals surface area (Å²) in [6.07, 6.45) is 1.82. The number of hydrogen-bond acceptors (Lipinski definition) is 5. The maximum absolute atomic E-state index is 12.0. The van der Waals surface area contributed by atoms with Crippen LogP contribution in [-0.4, -0.2) is 47.7 Å². The SMILES string of the molecule is CN(CCC(=O)Nc1ccc(C(N)=O)cc1)CC(=O)Nc1ccc(Br)cn1. The molecular formula is C18H20BrN5O3. The number of nitrogens with one attached hydrogen (secondary N) is 2. The smallest absolute Gasteiger partial charge is 0.248 e. The quantitative estimate of drug-likeness (QED) is 0.586. The van der Waals surface area contributed by atoms with Gasteiger partial charge in [0, 0.05) is 34.9 Å². The molecule has 1 aromatic heterocycles. The van der Waals surface area contributed by atoms with Gasteiger partial charge in [-0.3, -0.25) is 19.3 Å². The number of aromatic nitrogens is 1. The van der Waals surface area contributed by atoms with Gasteiger partial charge in [-0.1, -0.05) is 0 Å². The predicted octanol–water partition coefficient (Wildman–Crippen LogP) is 1.84. The number of pyridine rings is 1. The lowest BCUT2D eigenvalue weighted by Crippen LogP contribution is -2.32. The van der Waals surface area contributed by atoms with Crippen molar-refractivity contribution in [1.29, 1.82) is 0 Å². The molecule has 0 radical (unpaired) electrons. The van der Waals surface area contributed by atoms with Crippen molar-refractivity contribution in [3.8, 4) is 0 Å². The molecule has 0 bridgehead atoms. The Bertz CT molecular complexity index is 809. The first-order valence-corrected chi connectivity index (χ1v) is 8.92. The minimum Gasteiger partial charge on any atom is -0.366 e. The third kappa shape index (κ3) is 7.16. The Labute approximate surface area is 165 Å². The topological polar surface area (TPSA) is 117 Å². The monoisotopic (exact) mass is 433 g/mol. The van der Waals surface area contributed by atoms with Gasteiger partial charge in [0.2, 0.25) is 17.7 Å². The Hall–Kier alpha value is -2.78. The Morgan fingerprint density at radius 1 is 1.07 bits per heavy atom. The second-order valence-corrected chi connectivity index (χ2v) is 6.80. The Kier molecular flexibility index (Phi) is 7.44. The molecule has 9 heteroatoms. The standard InChI is InChI=1S/C18H20BrN5O3/c1-24(11-17(26)23-15-7-4-13(19)10-21-15)9-8-16(25)22-14-5-2-12(3-6-14)18(20)27/h2-7,10H,8-9,11H2,1H3,(H2,20,27)(H,22,25)(H,21,23,26). The molecule has 1 aromatic carbocycles. The molecule has 0 fully saturated rings. The number of nitrogens with two attached hydrogens (primary N) is 1. The van der Waals surface area contributed by atoms with Crippen molar-refractivity contribution in [3.05, 3.63) is 52.6 Å². The van der Waals surface area contributed by atoms with E-state index < -0.39 is 5.91 Å². The lowest BCUT2D eigenvalue weighted by molar-refractivity contribution is -0.119. The number of anilines is 2. The van der Waals surface area contributed by atoms with Gasteiger partial charge in [-0.05, 0) is 59.4 Å². The Balaban J connectivity index is 1.73. The number of benzene rings is 1. The first-order valence-electron chi connectivity index (χ1n) is 8.13. The third-order valence-corrected chi connectivity index (χ3v) is 4.05. The van der Waals surface area contributed by atoms with Gasteiger partial charge in [0.1, 0.15) is 5.82 Å². The molecule has 0 saturated heterocycles. The number of rotatable bonds is 8. The fraction of sp³-hybridized carbons (Fsp3) is 0.222. The van der Waals surface area contributed by atoms with E-state index in [0.717, 1.165) is 4.47 Å². The molecule has 0 aliphatic heterocycles. The zero-order valence-corrected chi connectivity index (χ0v) is 16.3. The van der Waals surface area contributed by atoms with Crippen molar-refractivity contribution >= 4 is 45.2 Å². The lowest BCUT2D eigenvalue weighted by Gasteiger charge is -2.16. The number of nitrogens with zero attached hydrogens (tertiary/aromatic N) is 2. The molecule has 2 rings (SSSR count). The number of amides is 3. The van der Waals surface area contributed by atoms with E-state index in [1.54, 1.807) is 54.5 Å². The van der Waals surface area contributed by atoms with E-state index >= 15 is 0 Å². The largest absolute Gasteiger partial charge is 0.366 e. The first-order chi connectivity index (χ1) is 12.8. The summed E-state index contributed by atoms with van der Waals surface area (Å²) in [6, 6.07) is 9.79. The van der Waals surface area contributed by atoms with Crippen LogP contribution in [0.1, 0.15) is 16.8 Å². The average Bonchev–Trinajstić information content (AvgIpc) is 2.62. The molecule has 27 heavy (non-hydrogen) atoms. The molecule has 8 nitrogen and oxygen atoms in total. The molecule has 0 spiro atoms. The molecule has 0 unspecified atom stereocenters. The van der Waals surface area contributed by atoms with Gasteiger partial charge in [-0.25, -0.2) is 4.98 Å². The molecular weight excluding hydrogens is 414 g/mol. The second-order valence-electron chi connectivity index (χ2n) is 5.89. The van der Waals surface area contributed by atoms with E-state index in [0.29, 0.717) is 23.6 Å².